The van der Waals surface area contributed by atoms with Crippen molar-refractivity contribution in [2.45, 2.75) is 78.4 Å². The molecule has 4 rings (SSSR count). The second-order valence-electron chi connectivity index (χ2n) is 11.4. The summed E-state index contributed by atoms with van der Waals surface area (Å²) in [6.45, 7) is 9.01. The van der Waals surface area contributed by atoms with Crippen LogP contribution < -0.4 is 10.1 Å². The van der Waals surface area contributed by atoms with E-state index in [-0.39, 0.29) is 39.4 Å². The van der Waals surface area contributed by atoms with E-state index in [1.807, 2.05) is 6.92 Å². The Bertz CT molecular complexity index is 1230. The second-order valence-corrected chi connectivity index (χ2v) is 11.8. The number of alkyl halides is 3. The van der Waals surface area contributed by atoms with Crippen LogP contribution in [-0.4, -0.2) is 22.8 Å². The largest absolute Gasteiger partial charge is 0.506 e. The minimum atomic E-state index is -4.62. The predicted molar refractivity (Wildman–Crippen MR) is 141 cm³/mol. The van der Waals surface area contributed by atoms with Crippen molar-refractivity contribution in [2.75, 3.05) is 11.9 Å². The van der Waals surface area contributed by atoms with Gasteiger partial charge in [-0.25, -0.2) is 4.79 Å². The van der Waals surface area contributed by atoms with Crippen molar-refractivity contribution in [1.29, 1.82) is 0 Å². The fourth-order valence-corrected chi connectivity index (χ4v) is 6.77. The number of unbranched alkanes of at least 4 members (excludes halogenated alkanes) is 1. The molecule has 2 bridgehead atoms. The summed E-state index contributed by atoms with van der Waals surface area (Å²) < 4.78 is 46.4. The maximum Gasteiger partial charge on any atom is 0.416 e. The molecule has 3 unspecified atom stereocenters. The number of aromatic carboxylic acids is 1. The molecule has 0 radical (unpaired) electrons. The fourth-order valence-electron chi connectivity index (χ4n) is 6.53. The number of phenols is 1. The van der Waals surface area contributed by atoms with Gasteiger partial charge in [-0.05, 0) is 72.6 Å². The van der Waals surface area contributed by atoms with E-state index in [0.717, 1.165) is 43.7 Å². The van der Waals surface area contributed by atoms with Crippen LogP contribution in [0.4, 0.5) is 18.9 Å². The molecule has 0 amide bonds. The smallest absolute Gasteiger partial charge is 0.416 e. The molecule has 208 valence electrons. The number of hydrogen-bond donors (Lipinski definition) is 3. The van der Waals surface area contributed by atoms with Gasteiger partial charge in [0.2, 0.25) is 0 Å². The lowest BCUT2D eigenvalue weighted by Crippen LogP contribution is -2.32. The molecule has 0 aliphatic heterocycles. The molecule has 9 heteroatoms. The highest BCUT2D eigenvalue weighted by Gasteiger charge is 2.62. The molecule has 0 aromatic heterocycles. The van der Waals surface area contributed by atoms with Crippen LogP contribution in [0.3, 0.4) is 0 Å². The number of nitrogens with one attached hydrogen (secondary N) is 1. The lowest BCUT2D eigenvalue weighted by Gasteiger charge is -2.40. The Hall–Kier alpha value is -2.61. The molecule has 2 aliphatic rings. The van der Waals surface area contributed by atoms with Crippen LogP contribution in [0.15, 0.2) is 24.3 Å². The number of carboxylic acid groups (broad SMARTS) is 1. The lowest BCUT2D eigenvalue weighted by molar-refractivity contribution is -0.137. The third kappa shape index (κ3) is 4.80. The standard InChI is InChI=1S/C29H35ClF3NO4/c1-5-6-11-38-25-19(26(36)37)7-8-22(23(25)20-13-17-9-10-28(20,4)27(17,2)3)34-15-16-12-18(29(31,32)33)14-21(30)24(16)35/h7-8,12,14,17,20,34-35H,5-6,9-11,13,15H2,1-4H3,(H,36,37). The Balaban J connectivity index is 1.81. The Kier molecular flexibility index (Phi) is 7.60. The van der Waals surface area contributed by atoms with Crippen LogP contribution in [0, 0.1) is 16.7 Å². The van der Waals surface area contributed by atoms with E-state index < -0.39 is 23.5 Å². The zero-order valence-corrected chi connectivity index (χ0v) is 22.9. The molecular formula is C29H35ClF3NO4. The van der Waals surface area contributed by atoms with E-state index in [1.54, 1.807) is 6.07 Å². The summed E-state index contributed by atoms with van der Waals surface area (Å²) >= 11 is 5.92. The Morgan fingerprint density at radius 1 is 1.24 bits per heavy atom. The first-order valence-electron chi connectivity index (χ1n) is 13.1. The zero-order chi connectivity index (χ0) is 28.0. The molecule has 2 aromatic rings. The molecule has 0 saturated heterocycles. The van der Waals surface area contributed by atoms with Gasteiger partial charge in [0.1, 0.15) is 17.1 Å². The molecule has 0 spiro atoms. The van der Waals surface area contributed by atoms with Gasteiger partial charge in [0.05, 0.1) is 17.2 Å². The van der Waals surface area contributed by atoms with Crippen molar-refractivity contribution in [3.8, 4) is 11.5 Å². The number of carbonyl (C=O) groups is 1. The molecule has 2 aromatic carbocycles. The van der Waals surface area contributed by atoms with Gasteiger partial charge in [0, 0.05) is 23.4 Å². The number of hydrogen-bond acceptors (Lipinski definition) is 4. The first-order chi connectivity index (χ1) is 17.7. The van der Waals surface area contributed by atoms with E-state index in [1.165, 1.54) is 6.07 Å². The first kappa shape index (κ1) is 28.4. The molecule has 3 atom stereocenters. The minimum Gasteiger partial charge on any atom is -0.506 e. The van der Waals surface area contributed by atoms with Gasteiger partial charge in [-0.3, -0.25) is 0 Å². The Morgan fingerprint density at radius 3 is 2.50 bits per heavy atom. The quantitative estimate of drug-likeness (QED) is 0.271. The summed E-state index contributed by atoms with van der Waals surface area (Å²) in [6, 6.07) is 4.70. The number of rotatable bonds is 9. The number of fused-ring (bicyclic) bond motifs is 2. The molecule has 3 N–H and O–H groups in total. The van der Waals surface area contributed by atoms with Gasteiger partial charge in [0.15, 0.2) is 0 Å². The van der Waals surface area contributed by atoms with Crippen molar-refractivity contribution in [2.24, 2.45) is 16.7 Å². The summed E-state index contributed by atoms with van der Waals surface area (Å²) in [7, 11) is 0. The predicted octanol–water partition coefficient (Wildman–Crippen LogP) is 8.48. The fraction of sp³-hybridized carbons (Fsp3) is 0.552. The molecule has 0 heterocycles. The van der Waals surface area contributed by atoms with Crippen LogP contribution in [-0.2, 0) is 12.7 Å². The van der Waals surface area contributed by atoms with E-state index in [0.29, 0.717) is 30.0 Å². The van der Waals surface area contributed by atoms with Crippen LogP contribution in [0.25, 0.3) is 0 Å². The van der Waals surface area contributed by atoms with Crippen molar-refractivity contribution in [3.05, 3.63) is 51.5 Å². The van der Waals surface area contributed by atoms with Crippen LogP contribution in [0.2, 0.25) is 5.02 Å². The summed E-state index contributed by atoms with van der Waals surface area (Å²) in [5.74, 6) is -0.749. The third-order valence-corrected chi connectivity index (χ3v) is 9.54. The van der Waals surface area contributed by atoms with E-state index in [9.17, 15) is 28.2 Å². The highest BCUT2D eigenvalue weighted by molar-refractivity contribution is 6.32. The maximum atomic E-state index is 13.4. The summed E-state index contributed by atoms with van der Waals surface area (Å²) in [4.78, 5) is 12.2. The number of halogens is 4. The Labute approximate surface area is 226 Å². The van der Waals surface area contributed by atoms with E-state index in [2.05, 4.69) is 26.1 Å². The number of ether oxygens (including phenoxy) is 1. The third-order valence-electron chi connectivity index (χ3n) is 9.25. The summed E-state index contributed by atoms with van der Waals surface area (Å²) in [5.41, 5.74) is 0.351. The van der Waals surface area contributed by atoms with Crippen LogP contribution in [0.5, 0.6) is 11.5 Å². The summed E-state index contributed by atoms with van der Waals surface area (Å²) in [6.07, 6.45) is -0.0329. The van der Waals surface area contributed by atoms with E-state index >= 15 is 0 Å². The molecule has 5 nitrogen and oxygen atoms in total. The number of phenolic OH excluding ortho intramolecular Hbond substituents is 1. The lowest BCUT2D eigenvalue weighted by atomic mass is 9.64. The topological polar surface area (TPSA) is 78.8 Å². The number of anilines is 1. The highest BCUT2D eigenvalue weighted by Crippen LogP contribution is 2.72. The highest BCUT2D eigenvalue weighted by atomic mass is 35.5. The van der Waals surface area contributed by atoms with Crippen molar-refractivity contribution in [1.82, 2.24) is 0 Å². The van der Waals surface area contributed by atoms with Gasteiger partial charge in [0.25, 0.3) is 0 Å². The zero-order valence-electron chi connectivity index (χ0n) is 22.1. The monoisotopic (exact) mass is 553 g/mol. The molecule has 2 aliphatic carbocycles. The van der Waals surface area contributed by atoms with Crippen LogP contribution in [0.1, 0.15) is 92.8 Å². The average Bonchev–Trinajstić information content (AvgIpc) is 3.17. The van der Waals surface area contributed by atoms with Crippen molar-refractivity contribution in [3.63, 3.8) is 0 Å². The van der Waals surface area contributed by atoms with Gasteiger partial charge >= 0.3 is 12.1 Å². The van der Waals surface area contributed by atoms with E-state index in [4.69, 9.17) is 16.3 Å². The normalized spacial score (nSPS) is 24.0. The van der Waals surface area contributed by atoms with Crippen LogP contribution >= 0.6 is 11.6 Å². The SMILES string of the molecule is CCCCOc1c(C(=O)O)ccc(NCc2cc(C(F)(F)F)cc(Cl)c2O)c1C1CC2CCC1(C)C2(C)C. The number of carboxylic acids is 1. The minimum absolute atomic E-state index is 0.00614. The molecular weight excluding hydrogens is 519 g/mol. The number of benzene rings is 2. The Morgan fingerprint density at radius 2 is 1.95 bits per heavy atom. The van der Waals surface area contributed by atoms with Gasteiger partial charge in [-0.15, -0.1) is 0 Å². The second kappa shape index (κ2) is 10.2. The maximum absolute atomic E-state index is 13.4. The van der Waals surface area contributed by atoms with Crippen molar-refractivity contribution < 1.29 is 32.9 Å². The molecule has 2 fully saturated rings. The average molecular weight is 554 g/mol. The number of aromatic hydroxyl groups is 1. The van der Waals surface area contributed by atoms with Crippen molar-refractivity contribution >= 4 is 23.3 Å². The summed E-state index contributed by atoms with van der Waals surface area (Å²) in [5, 5.41) is 23.2. The van der Waals surface area contributed by atoms with Gasteiger partial charge in [-0.2, -0.15) is 13.2 Å². The molecule has 2 saturated carbocycles. The molecule has 38 heavy (non-hydrogen) atoms. The first-order valence-corrected chi connectivity index (χ1v) is 13.5. The van der Waals surface area contributed by atoms with Gasteiger partial charge in [-0.1, -0.05) is 45.7 Å². The van der Waals surface area contributed by atoms with Gasteiger partial charge < -0.3 is 20.3 Å².